The Kier molecular flexibility index (Phi) is 7.95. The van der Waals surface area contributed by atoms with Crippen LogP contribution in [-0.2, 0) is 24.2 Å². The van der Waals surface area contributed by atoms with Gasteiger partial charge < -0.3 is 20.2 Å². The SMILES string of the molecule is CCc1cnc(-c2ccc(-c3cc(CC(=O)O)c(-c4ccc(-c5sc(-c6ccc(-c7ncc(CO)[nH]7)s6)cc5C)s4)s3)s2)[nH]1. The second-order valence-corrected chi connectivity index (χ2v) is 15.5. The molecule has 0 aliphatic heterocycles. The minimum absolute atomic E-state index is 0.0201. The van der Waals surface area contributed by atoms with E-state index in [1.165, 1.54) is 25.1 Å². The molecule has 7 nitrogen and oxygen atoms in total. The van der Waals surface area contributed by atoms with E-state index in [2.05, 4.69) is 76.2 Å². The van der Waals surface area contributed by atoms with Gasteiger partial charge in [-0.3, -0.25) is 4.79 Å². The van der Waals surface area contributed by atoms with Crippen LogP contribution in [0.25, 0.3) is 60.4 Å². The number of imidazole rings is 2. The van der Waals surface area contributed by atoms with Crippen molar-refractivity contribution in [3.63, 3.8) is 0 Å². The zero-order chi connectivity index (χ0) is 30.4. The number of aliphatic hydroxyl groups excluding tert-OH is 1. The van der Waals surface area contributed by atoms with Crippen LogP contribution in [-0.4, -0.2) is 36.1 Å². The number of hydrogen-bond acceptors (Lipinski definition) is 9. The molecule has 7 aromatic rings. The molecule has 0 aliphatic carbocycles. The van der Waals surface area contributed by atoms with Gasteiger partial charge in [0.2, 0.25) is 0 Å². The number of carboxylic acid groups (broad SMARTS) is 1. The number of aliphatic carboxylic acids is 1. The number of thiophene rings is 5. The van der Waals surface area contributed by atoms with Crippen LogP contribution in [0, 0.1) is 6.92 Å². The lowest BCUT2D eigenvalue weighted by Gasteiger charge is -1.98. The highest BCUT2D eigenvalue weighted by atomic mass is 32.1. The average Bonchev–Trinajstić information content (AvgIpc) is 3.83. The molecule has 4 N–H and O–H groups in total. The van der Waals surface area contributed by atoms with Crippen molar-refractivity contribution >= 4 is 62.7 Å². The number of carbonyl (C=O) groups is 1. The third kappa shape index (κ3) is 5.65. The van der Waals surface area contributed by atoms with Gasteiger partial charge in [-0.05, 0) is 73.0 Å². The summed E-state index contributed by atoms with van der Waals surface area (Å²) in [6, 6.07) is 16.9. The number of carboxylic acids is 1. The summed E-state index contributed by atoms with van der Waals surface area (Å²) in [5.74, 6) is 0.794. The van der Waals surface area contributed by atoms with Gasteiger partial charge in [0.05, 0.1) is 34.7 Å². The predicted octanol–water partition coefficient (Wildman–Crippen LogP) is 9.43. The first-order valence-electron chi connectivity index (χ1n) is 13.8. The highest BCUT2D eigenvalue weighted by Gasteiger charge is 2.20. The van der Waals surface area contributed by atoms with Gasteiger partial charge >= 0.3 is 5.97 Å². The first-order valence-corrected chi connectivity index (χ1v) is 17.9. The van der Waals surface area contributed by atoms with Crippen LogP contribution in [0.15, 0.2) is 60.9 Å². The summed E-state index contributed by atoms with van der Waals surface area (Å²) in [6.07, 6.45) is 4.42. The summed E-state index contributed by atoms with van der Waals surface area (Å²) in [7, 11) is 0. The molecule has 7 aromatic heterocycles. The number of aromatic amines is 2. The Morgan fingerprint density at radius 2 is 1.23 bits per heavy atom. The minimum Gasteiger partial charge on any atom is -0.481 e. The highest BCUT2D eigenvalue weighted by Crippen LogP contribution is 2.48. The highest BCUT2D eigenvalue weighted by molar-refractivity contribution is 7.30. The van der Waals surface area contributed by atoms with Gasteiger partial charge in [-0.1, -0.05) is 6.92 Å². The monoisotopic (exact) mass is 674 g/mol. The quantitative estimate of drug-likeness (QED) is 0.115. The minimum atomic E-state index is -0.835. The Morgan fingerprint density at radius 3 is 1.82 bits per heavy atom. The fourth-order valence-electron chi connectivity index (χ4n) is 4.91. The molecule has 0 saturated heterocycles. The number of aryl methyl sites for hydroxylation is 2. The van der Waals surface area contributed by atoms with Crippen LogP contribution in [0.1, 0.15) is 29.4 Å². The van der Waals surface area contributed by atoms with E-state index in [9.17, 15) is 15.0 Å². The molecule has 0 aliphatic rings. The number of nitrogens with one attached hydrogen (secondary N) is 2. The van der Waals surface area contributed by atoms with Gasteiger partial charge in [0.15, 0.2) is 0 Å². The first-order chi connectivity index (χ1) is 21.4. The second kappa shape index (κ2) is 12.0. The molecule has 0 unspecified atom stereocenters. The molecule has 0 fully saturated rings. The zero-order valence-corrected chi connectivity index (χ0v) is 27.7. The molecule has 0 atom stereocenters. The maximum atomic E-state index is 11.8. The van der Waals surface area contributed by atoms with Crippen LogP contribution in [0.2, 0.25) is 0 Å². The van der Waals surface area contributed by atoms with Crippen LogP contribution in [0.4, 0.5) is 0 Å². The van der Waals surface area contributed by atoms with Gasteiger partial charge in [0.25, 0.3) is 0 Å². The summed E-state index contributed by atoms with van der Waals surface area (Å²) < 4.78 is 0. The normalized spacial score (nSPS) is 11.5. The van der Waals surface area contributed by atoms with Crippen LogP contribution < -0.4 is 0 Å². The average molecular weight is 675 g/mol. The van der Waals surface area contributed by atoms with Crippen molar-refractivity contribution in [2.75, 3.05) is 0 Å². The van der Waals surface area contributed by atoms with Crippen molar-refractivity contribution in [3.8, 4) is 60.4 Å². The Hall–Kier alpha value is -3.65. The number of rotatable bonds is 10. The van der Waals surface area contributed by atoms with E-state index in [0.717, 1.165) is 58.6 Å². The van der Waals surface area contributed by atoms with E-state index in [0.29, 0.717) is 5.69 Å². The van der Waals surface area contributed by atoms with Gasteiger partial charge in [0.1, 0.15) is 11.6 Å². The third-order valence-corrected chi connectivity index (χ3v) is 13.5. The molecule has 0 amide bonds. The Morgan fingerprint density at radius 1 is 0.705 bits per heavy atom. The van der Waals surface area contributed by atoms with Crippen molar-refractivity contribution in [1.29, 1.82) is 0 Å². The molecule has 44 heavy (non-hydrogen) atoms. The van der Waals surface area contributed by atoms with E-state index >= 15 is 0 Å². The molecule has 0 bridgehead atoms. The standard InChI is InChI=1S/C32H26N4O3S5/c1-3-18-13-33-31(35-18)24-9-5-21(41-24)27-11-17(12-28(38)39)30(44-27)23-7-6-22(42-23)29-16(2)10-26(43-29)20-4-8-25(40-20)32-34-14-19(15-37)36-32/h4-11,13-14,37H,3,12,15H2,1-2H3,(H,33,35)(H,34,36)(H,38,39). The molecule has 7 heterocycles. The first kappa shape index (κ1) is 29.1. The van der Waals surface area contributed by atoms with E-state index in [-0.39, 0.29) is 13.0 Å². The van der Waals surface area contributed by atoms with Crippen LogP contribution >= 0.6 is 56.7 Å². The molecule has 7 rings (SSSR count). The summed E-state index contributed by atoms with van der Waals surface area (Å²) in [4.78, 5) is 38.4. The molecule has 222 valence electrons. The topological polar surface area (TPSA) is 115 Å². The summed E-state index contributed by atoms with van der Waals surface area (Å²) >= 11 is 8.46. The van der Waals surface area contributed by atoms with Crippen molar-refractivity contribution in [2.24, 2.45) is 0 Å². The summed E-state index contributed by atoms with van der Waals surface area (Å²) in [6.45, 7) is 4.17. The summed E-state index contributed by atoms with van der Waals surface area (Å²) in [5, 5.41) is 19.1. The number of nitrogens with zero attached hydrogens (tertiary/aromatic N) is 2. The fraction of sp³-hybridized carbons (Fsp3) is 0.156. The Balaban J connectivity index is 1.17. The fourth-order valence-corrected chi connectivity index (χ4v) is 10.7. The number of H-pyrrole nitrogens is 2. The molecular formula is C32H26N4O3S5. The van der Waals surface area contributed by atoms with Crippen LogP contribution in [0.3, 0.4) is 0 Å². The molecular weight excluding hydrogens is 649 g/mol. The molecule has 0 spiro atoms. The maximum absolute atomic E-state index is 11.8. The lowest BCUT2D eigenvalue weighted by molar-refractivity contribution is -0.136. The second-order valence-electron chi connectivity index (χ2n) is 10.2. The van der Waals surface area contributed by atoms with Gasteiger partial charge in [0, 0.05) is 50.9 Å². The Labute approximate surface area is 273 Å². The number of hydrogen-bond donors (Lipinski definition) is 4. The maximum Gasteiger partial charge on any atom is 0.307 e. The van der Waals surface area contributed by atoms with Crippen molar-refractivity contribution < 1.29 is 15.0 Å². The van der Waals surface area contributed by atoms with Crippen molar-refractivity contribution in [1.82, 2.24) is 19.9 Å². The van der Waals surface area contributed by atoms with Gasteiger partial charge in [-0.15, -0.1) is 56.7 Å². The van der Waals surface area contributed by atoms with E-state index in [4.69, 9.17) is 0 Å². The summed E-state index contributed by atoms with van der Waals surface area (Å²) in [5.41, 5.74) is 3.84. The third-order valence-electron chi connectivity index (χ3n) is 7.09. The smallest absolute Gasteiger partial charge is 0.307 e. The Bertz CT molecular complexity index is 2100. The lowest BCUT2D eigenvalue weighted by atomic mass is 10.1. The number of aromatic nitrogens is 4. The van der Waals surface area contributed by atoms with E-state index < -0.39 is 5.97 Å². The zero-order valence-electron chi connectivity index (χ0n) is 23.6. The van der Waals surface area contributed by atoms with Gasteiger partial charge in [-0.25, -0.2) is 9.97 Å². The molecule has 0 radical (unpaired) electrons. The van der Waals surface area contributed by atoms with Crippen molar-refractivity contribution in [2.45, 2.75) is 33.3 Å². The van der Waals surface area contributed by atoms with E-state index in [1.54, 1.807) is 62.9 Å². The molecule has 12 heteroatoms. The van der Waals surface area contributed by atoms with E-state index in [1.807, 2.05) is 12.3 Å². The predicted molar refractivity (Wildman–Crippen MR) is 184 cm³/mol. The number of aliphatic hydroxyl groups is 1. The lowest BCUT2D eigenvalue weighted by Crippen LogP contribution is -1.99. The van der Waals surface area contributed by atoms with Gasteiger partial charge in [-0.2, -0.15) is 0 Å². The van der Waals surface area contributed by atoms with Crippen LogP contribution in [0.5, 0.6) is 0 Å². The van der Waals surface area contributed by atoms with Crippen molar-refractivity contribution in [3.05, 3.63) is 83.4 Å². The largest absolute Gasteiger partial charge is 0.481 e. The molecule has 0 aromatic carbocycles. The molecule has 0 saturated carbocycles.